The summed E-state index contributed by atoms with van der Waals surface area (Å²) >= 11 is 0. The van der Waals surface area contributed by atoms with Gasteiger partial charge in [-0.25, -0.2) is 4.39 Å². The summed E-state index contributed by atoms with van der Waals surface area (Å²) in [7, 11) is 0. The molecular weight excluding hydrogens is 397 g/mol. The predicted molar refractivity (Wildman–Crippen MR) is 128 cm³/mol. The van der Waals surface area contributed by atoms with Crippen molar-refractivity contribution in [1.82, 2.24) is 0 Å². The number of ketones is 1. The minimum absolute atomic E-state index is 0.210. The standard InChI is InChI=1S/C29H30FNO/c1-20-6-4-7-21(18-20)19-24(32)15-16-29(22-11-13-23(30)14-12-22)26-9-3-2-8-25(26)28-27(29)10-5-17-31-28/h2-3,8-9,11-14,17,19-20H,4-7,10,15-16,18H2,1H3. The third-order valence-electron chi connectivity index (χ3n) is 7.44. The Morgan fingerprint density at radius 3 is 2.78 bits per heavy atom. The van der Waals surface area contributed by atoms with E-state index in [4.69, 9.17) is 4.99 Å². The van der Waals surface area contributed by atoms with Gasteiger partial charge in [-0.3, -0.25) is 9.79 Å². The third kappa shape index (κ3) is 3.68. The predicted octanol–water partition coefficient (Wildman–Crippen LogP) is 7.19. The van der Waals surface area contributed by atoms with Crippen LogP contribution >= 0.6 is 0 Å². The molecular formula is C29H30FNO. The number of aliphatic imine (C=N–C) groups is 1. The van der Waals surface area contributed by atoms with Crippen molar-refractivity contribution < 1.29 is 9.18 Å². The van der Waals surface area contributed by atoms with Gasteiger partial charge in [-0.2, -0.15) is 0 Å². The van der Waals surface area contributed by atoms with E-state index in [1.54, 1.807) is 0 Å². The summed E-state index contributed by atoms with van der Waals surface area (Å²) in [6, 6.07) is 15.3. The smallest absolute Gasteiger partial charge is 0.155 e. The Morgan fingerprint density at radius 1 is 1.16 bits per heavy atom. The number of hydrogen-bond donors (Lipinski definition) is 0. The Hall–Kier alpha value is -2.81. The second-order valence-corrected chi connectivity index (χ2v) is 9.61. The first-order chi connectivity index (χ1) is 15.6. The molecule has 2 aromatic rings. The second kappa shape index (κ2) is 8.61. The maximum atomic E-state index is 13.8. The highest BCUT2D eigenvalue weighted by molar-refractivity contribution is 5.92. The molecule has 0 saturated heterocycles. The second-order valence-electron chi connectivity index (χ2n) is 9.61. The molecule has 2 aliphatic carbocycles. The van der Waals surface area contributed by atoms with Crippen LogP contribution in [-0.4, -0.2) is 12.0 Å². The van der Waals surface area contributed by atoms with Crippen molar-refractivity contribution in [1.29, 1.82) is 0 Å². The molecule has 0 aromatic heterocycles. The third-order valence-corrected chi connectivity index (χ3v) is 7.44. The number of carbonyl (C=O) groups excluding carboxylic acids is 1. The van der Waals surface area contributed by atoms with Crippen molar-refractivity contribution in [2.75, 3.05) is 0 Å². The number of carbonyl (C=O) groups is 1. The first-order valence-corrected chi connectivity index (χ1v) is 11.9. The number of allylic oxidation sites excluding steroid dienone is 3. The molecule has 1 heterocycles. The number of halogens is 1. The van der Waals surface area contributed by atoms with Crippen LogP contribution in [0.1, 0.15) is 75.0 Å². The summed E-state index contributed by atoms with van der Waals surface area (Å²) in [6.07, 6.45) is 11.4. The van der Waals surface area contributed by atoms with Crippen molar-refractivity contribution in [3.8, 4) is 0 Å². The van der Waals surface area contributed by atoms with Crippen molar-refractivity contribution >= 4 is 17.7 Å². The first kappa shape index (κ1) is 21.1. The summed E-state index contributed by atoms with van der Waals surface area (Å²) in [5.41, 5.74) is 6.60. The lowest BCUT2D eigenvalue weighted by Gasteiger charge is -2.35. The van der Waals surface area contributed by atoms with E-state index < -0.39 is 5.41 Å². The zero-order valence-electron chi connectivity index (χ0n) is 18.7. The summed E-state index contributed by atoms with van der Waals surface area (Å²) in [5.74, 6) is 0.641. The molecule has 2 aromatic carbocycles. The quantitative estimate of drug-likeness (QED) is 0.464. The molecule has 2 nitrogen and oxygen atoms in total. The number of rotatable bonds is 5. The molecule has 5 rings (SSSR count). The lowest BCUT2D eigenvalue weighted by Crippen LogP contribution is -2.30. The fourth-order valence-corrected chi connectivity index (χ4v) is 6.00. The van der Waals surface area contributed by atoms with Crippen LogP contribution in [0.4, 0.5) is 4.39 Å². The summed E-state index contributed by atoms with van der Waals surface area (Å²) < 4.78 is 13.8. The van der Waals surface area contributed by atoms with Gasteiger partial charge >= 0.3 is 0 Å². The highest BCUT2D eigenvalue weighted by atomic mass is 19.1. The fourth-order valence-electron chi connectivity index (χ4n) is 6.00. The van der Waals surface area contributed by atoms with E-state index in [1.165, 1.54) is 41.7 Å². The van der Waals surface area contributed by atoms with Gasteiger partial charge in [0.15, 0.2) is 5.78 Å². The molecule has 0 bridgehead atoms. The van der Waals surface area contributed by atoms with Gasteiger partial charge in [0.05, 0.1) is 5.70 Å². The van der Waals surface area contributed by atoms with Crippen LogP contribution < -0.4 is 0 Å². The van der Waals surface area contributed by atoms with E-state index in [1.807, 2.05) is 30.5 Å². The molecule has 2 unspecified atom stereocenters. The van der Waals surface area contributed by atoms with Gasteiger partial charge in [-0.05, 0) is 79.4 Å². The zero-order chi connectivity index (χ0) is 22.1. The topological polar surface area (TPSA) is 29.4 Å². The molecule has 3 aliphatic rings. The molecule has 0 spiro atoms. The Morgan fingerprint density at radius 2 is 1.97 bits per heavy atom. The van der Waals surface area contributed by atoms with E-state index in [-0.39, 0.29) is 11.6 Å². The molecule has 164 valence electrons. The SMILES string of the molecule is CC1CCCC(=CC(=O)CCC2(c3ccc(F)cc3)C3=C(N=CCC3)c3ccccc32)C1. The fraction of sp³-hybridized carbons (Fsp3) is 0.379. The molecule has 1 saturated carbocycles. The summed E-state index contributed by atoms with van der Waals surface area (Å²) in [6.45, 7) is 2.27. The number of nitrogens with zero attached hydrogens (tertiary/aromatic N) is 1. The Labute approximate surface area is 190 Å². The van der Waals surface area contributed by atoms with Crippen LogP contribution in [-0.2, 0) is 10.2 Å². The van der Waals surface area contributed by atoms with E-state index in [2.05, 4.69) is 25.1 Å². The van der Waals surface area contributed by atoms with Gasteiger partial charge in [0, 0.05) is 23.6 Å². The van der Waals surface area contributed by atoms with Crippen molar-refractivity contribution in [3.05, 3.63) is 88.3 Å². The monoisotopic (exact) mass is 427 g/mol. The van der Waals surface area contributed by atoms with Gasteiger partial charge < -0.3 is 0 Å². The average Bonchev–Trinajstić information content (AvgIpc) is 3.09. The van der Waals surface area contributed by atoms with Crippen LogP contribution in [0.3, 0.4) is 0 Å². The molecule has 32 heavy (non-hydrogen) atoms. The minimum atomic E-state index is -0.425. The molecule has 0 amide bonds. The zero-order valence-corrected chi connectivity index (χ0v) is 18.7. The number of hydrogen-bond acceptors (Lipinski definition) is 2. The van der Waals surface area contributed by atoms with E-state index in [0.717, 1.165) is 42.5 Å². The molecule has 0 radical (unpaired) electrons. The lowest BCUT2D eigenvalue weighted by atomic mass is 9.67. The highest BCUT2D eigenvalue weighted by Crippen LogP contribution is 2.55. The molecule has 1 fully saturated rings. The normalized spacial score (nSPS) is 25.7. The van der Waals surface area contributed by atoms with Crippen molar-refractivity contribution in [3.63, 3.8) is 0 Å². The number of fused-ring (bicyclic) bond motifs is 2. The van der Waals surface area contributed by atoms with E-state index >= 15 is 0 Å². The highest BCUT2D eigenvalue weighted by Gasteiger charge is 2.46. The molecule has 2 atom stereocenters. The van der Waals surface area contributed by atoms with Crippen LogP contribution in [0.15, 0.2) is 70.7 Å². The van der Waals surface area contributed by atoms with Gasteiger partial charge in [0.2, 0.25) is 0 Å². The van der Waals surface area contributed by atoms with Crippen molar-refractivity contribution in [2.24, 2.45) is 10.9 Å². The molecule has 3 heteroatoms. The van der Waals surface area contributed by atoms with Gasteiger partial charge in [0.1, 0.15) is 5.82 Å². The minimum Gasteiger partial charge on any atom is -0.295 e. The van der Waals surface area contributed by atoms with Gasteiger partial charge in [-0.15, -0.1) is 0 Å². The first-order valence-electron chi connectivity index (χ1n) is 11.9. The van der Waals surface area contributed by atoms with E-state index in [0.29, 0.717) is 18.8 Å². The summed E-state index contributed by atoms with van der Waals surface area (Å²) in [5, 5.41) is 0. The average molecular weight is 428 g/mol. The lowest BCUT2D eigenvalue weighted by molar-refractivity contribution is -0.114. The molecule has 0 N–H and O–H groups in total. The van der Waals surface area contributed by atoms with E-state index in [9.17, 15) is 9.18 Å². The van der Waals surface area contributed by atoms with Gasteiger partial charge in [0.25, 0.3) is 0 Å². The Bertz CT molecular complexity index is 1120. The number of benzene rings is 2. The Balaban J connectivity index is 1.54. The van der Waals surface area contributed by atoms with Gasteiger partial charge in [-0.1, -0.05) is 55.3 Å². The van der Waals surface area contributed by atoms with Crippen molar-refractivity contribution in [2.45, 2.75) is 63.7 Å². The van der Waals surface area contributed by atoms with Crippen LogP contribution in [0.25, 0.3) is 5.70 Å². The van der Waals surface area contributed by atoms with Crippen LogP contribution in [0, 0.1) is 11.7 Å². The van der Waals surface area contributed by atoms with Crippen LogP contribution in [0.2, 0.25) is 0 Å². The Kier molecular flexibility index (Phi) is 5.67. The molecule has 1 aliphatic heterocycles. The largest absolute Gasteiger partial charge is 0.295 e. The van der Waals surface area contributed by atoms with Crippen LogP contribution in [0.5, 0.6) is 0 Å². The summed E-state index contributed by atoms with van der Waals surface area (Å²) in [4.78, 5) is 17.9. The maximum Gasteiger partial charge on any atom is 0.155 e. The maximum absolute atomic E-state index is 13.8.